The Labute approximate surface area is 170 Å². The second-order valence-electron chi connectivity index (χ2n) is 6.26. The number of benzene rings is 2. The zero-order valence-electron chi connectivity index (χ0n) is 15.2. The van der Waals surface area contributed by atoms with E-state index in [1.165, 1.54) is 23.0 Å². The lowest BCUT2D eigenvalue weighted by Gasteiger charge is -2.15. The molecule has 0 saturated heterocycles. The summed E-state index contributed by atoms with van der Waals surface area (Å²) < 4.78 is 54.1. The fourth-order valence-electron chi connectivity index (χ4n) is 2.64. The summed E-state index contributed by atoms with van der Waals surface area (Å²) in [5.74, 6) is -1.15. The number of aromatic nitrogens is 2. The first kappa shape index (κ1) is 21.0. The van der Waals surface area contributed by atoms with E-state index in [0.29, 0.717) is 16.6 Å². The van der Waals surface area contributed by atoms with Crippen molar-refractivity contribution in [3.8, 4) is 0 Å². The lowest BCUT2D eigenvalue weighted by molar-refractivity contribution is 0.484. The quantitative estimate of drug-likeness (QED) is 0.583. The molecule has 2 aromatic carbocycles. The molecule has 0 amide bonds. The largest absolute Gasteiger partial charge is 0.352 e. The molecule has 3 rings (SSSR count). The lowest BCUT2D eigenvalue weighted by atomic mass is 10.2. The SMILES string of the molecule is Cn1cnc2ccc(Nc3c(F)ccc(NS(=O)(=O)CCCF)c3Cl)cc2c1=O. The van der Waals surface area contributed by atoms with Gasteiger partial charge in [0, 0.05) is 12.7 Å². The number of nitrogens with zero attached hydrogens (tertiary/aromatic N) is 2. The molecule has 7 nitrogen and oxygen atoms in total. The van der Waals surface area contributed by atoms with Crippen LogP contribution in [-0.2, 0) is 17.1 Å². The van der Waals surface area contributed by atoms with Crippen molar-refractivity contribution in [3.05, 3.63) is 57.9 Å². The van der Waals surface area contributed by atoms with Crippen molar-refractivity contribution >= 4 is 49.6 Å². The summed E-state index contributed by atoms with van der Waals surface area (Å²) in [6.07, 6.45) is 1.23. The third kappa shape index (κ3) is 4.65. The maximum Gasteiger partial charge on any atom is 0.260 e. The van der Waals surface area contributed by atoms with Gasteiger partial charge in [0.25, 0.3) is 5.56 Å². The molecule has 0 saturated carbocycles. The summed E-state index contributed by atoms with van der Waals surface area (Å²) in [5, 5.41) is 2.89. The molecular weight excluding hydrogens is 426 g/mol. The minimum Gasteiger partial charge on any atom is -0.352 e. The molecule has 0 unspecified atom stereocenters. The number of sulfonamides is 1. The number of fused-ring (bicyclic) bond motifs is 1. The summed E-state index contributed by atoms with van der Waals surface area (Å²) in [7, 11) is -2.28. The van der Waals surface area contributed by atoms with Crippen LogP contribution in [0.15, 0.2) is 41.5 Å². The molecule has 1 aromatic heterocycles. The summed E-state index contributed by atoms with van der Waals surface area (Å²) in [6.45, 7) is -0.777. The van der Waals surface area contributed by atoms with E-state index in [4.69, 9.17) is 11.6 Å². The smallest absolute Gasteiger partial charge is 0.260 e. The van der Waals surface area contributed by atoms with Gasteiger partial charge in [0.2, 0.25) is 10.0 Å². The average Bonchev–Trinajstić information content (AvgIpc) is 2.69. The van der Waals surface area contributed by atoms with E-state index in [1.807, 2.05) is 0 Å². The second kappa shape index (κ2) is 8.34. The molecule has 2 N–H and O–H groups in total. The van der Waals surface area contributed by atoms with Gasteiger partial charge in [0.15, 0.2) is 0 Å². The Morgan fingerprint density at radius 2 is 2.00 bits per heavy atom. The molecule has 0 atom stereocenters. The zero-order chi connectivity index (χ0) is 21.2. The Morgan fingerprint density at radius 3 is 2.72 bits per heavy atom. The topological polar surface area (TPSA) is 93.1 Å². The van der Waals surface area contributed by atoms with Gasteiger partial charge in [-0.3, -0.25) is 13.9 Å². The Balaban J connectivity index is 1.96. The molecule has 0 aliphatic carbocycles. The molecule has 0 aliphatic rings. The van der Waals surface area contributed by atoms with Crippen LogP contribution in [0, 0.1) is 5.82 Å². The van der Waals surface area contributed by atoms with Crippen LogP contribution in [0.1, 0.15) is 6.42 Å². The molecule has 1 heterocycles. The number of aryl methyl sites for hydroxylation is 1. The molecule has 154 valence electrons. The van der Waals surface area contributed by atoms with E-state index >= 15 is 0 Å². The first-order valence-electron chi connectivity index (χ1n) is 8.49. The first-order chi connectivity index (χ1) is 13.7. The highest BCUT2D eigenvalue weighted by molar-refractivity contribution is 7.92. The fraction of sp³-hybridized carbons (Fsp3) is 0.222. The van der Waals surface area contributed by atoms with Crippen LogP contribution < -0.4 is 15.6 Å². The van der Waals surface area contributed by atoms with Crippen molar-refractivity contribution in [3.63, 3.8) is 0 Å². The van der Waals surface area contributed by atoms with Gasteiger partial charge >= 0.3 is 0 Å². The fourth-order valence-corrected chi connectivity index (χ4v) is 4.04. The van der Waals surface area contributed by atoms with Crippen molar-refractivity contribution in [2.24, 2.45) is 7.05 Å². The lowest BCUT2D eigenvalue weighted by Crippen LogP contribution is -2.17. The van der Waals surface area contributed by atoms with Gasteiger partial charge in [0.05, 0.1) is 46.1 Å². The molecule has 29 heavy (non-hydrogen) atoms. The van der Waals surface area contributed by atoms with Crippen LogP contribution >= 0.6 is 11.6 Å². The van der Waals surface area contributed by atoms with Gasteiger partial charge in [-0.15, -0.1) is 0 Å². The van der Waals surface area contributed by atoms with Gasteiger partial charge < -0.3 is 9.88 Å². The predicted molar refractivity (Wildman–Crippen MR) is 110 cm³/mol. The standard InChI is InChI=1S/C18H17ClF2N4O3S/c1-25-10-22-14-5-3-11(9-12(14)18(25)26)23-17-13(21)4-6-15(16(17)19)24-29(27,28)8-2-7-20/h3-6,9-10,23-24H,2,7-8H2,1H3. The molecule has 0 spiro atoms. The van der Waals surface area contributed by atoms with Crippen molar-refractivity contribution in [1.29, 1.82) is 0 Å². The Hall–Kier alpha value is -2.72. The third-order valence-electron chi connectivity index (χ3n) is 4.09. The number of hydrogen-bond donors (Lipinski definition) is 2. The molecule has 11 heteroatoms. The summed E-state index contributed by atoms with van der Waals surface area (Å²) >= 11 is 6.20. The summed E-state index contributed by atoms with van der Waals surface area (Å²) in [4.78, 5) is 16.4. The second-order valence-corrected chi connectivity index (χ2v) is 8.48. The number of nitrogens with one attached hydrogen (secondary N) is 2. The van der Waals surface area contributed by atoms with E-state index in [1.54, 1.807) is 19.2 Å². The highest BCUT2D eigenvalue weighted by Crippen LogP contribution is 2.35. The Kier molecular flexibility index (Phi) is 6.04. The third-order valence-corrected chi connectivity index (χ3v) is 5.84. The number of rotatable bonds is 7. The van der Waals surface area contributed by atoms with Crippen molar-refractivity contribution in [1.82, 2.24) is 9.55 Å². The van der Waals surface area contributed by atoms with Gasteiger partial charge in [-0.1, -0.05) is 11.6 Å². The van der Waals surface area contributed by atoms with Crippen LogP contribution in [-0.4, -0.2) is 30.4 Å². The van der Waals surface area contributed by atoms with Crippen molar-refractivity contribution in [2.75, 3.05) is 22.5 Å². The van der Waals surface area contributed by atoms with Gasteiger partial charge in [-0.25, -0.2) is 17.8 Å². The van der Waals surface area contributed by atoms with E-state index in [2.05, 4.69) is 15.0 Å². The molecule has 0 bridgehead atoms. The highest BCUT2D eigenvalue weighted by Gasteiger charge is 2.17. The summed E-state index contributed by atoms with van der Waals surface area (Å²) in [6, 6.07) is 6.90. The van der Waals surface area contributed by atoms with E-state index < -0.39 is 28.3 Å². The van der Waals surface area contributed by atoms with Crippen LogP contribution in [0.25, 0.3) is 10.9 Å². The van der Waals surface area contributed by atoms with Gasteiger partial charge in [0.1, 0.15) is 5.82 Å². The predicted octanol–water partition coefficient (Wildman–Crippen LogP) is 3.57. The monoisotopic (exact) mass is 442 g/mol. The maximum absolute atomic E-state index is 14.4. The van der Waals surface area contributed by atoms with Gasteiger partial charge in [-0.05, 0) is 36.8 Å². The van der Waals surface area contributed by atoms with Crippen molar-refractivity contribution in [2.45, 2.75) is 6.42 Å². The molecule has 0 fully saturated rings. The highest BCUT2D eigenvalue weighted by atomic mass is 35.5. The Bertz CT molecular complexity index is 1230. The van der Waals surface area contributed by atoms with Crippen LogP contribution in [0.3, 0.4) is 0 Å². The first-order valence-corrected chi connectivity index (χ1v) is 10.5. The van der Waals surface area contributed by atoms with E-state index in [0.717, 1.165) is 6.07 Å². The molecule has 0 radical (unpaired) electrons. The molecule has 3 aromatic rings. The van der Waals surface area contributed by atoms with E-state index in [-0.39, 0.29) is 28.4 Å². The Morgan fingerprint density at radius 1 is 1.24 bits per heavy atom. The zero-order valence-corrected chi connectivity index (χ0v) is 16.8. The average molecular weight is 443 g/mol. The summed E-state index contributed by atoms with van der Waals surface area (Å²) in [5.41, 5.74) is 0.338. The number of alkyl halides is 1. The van der Waals surface area contributed by atoms with Crippen LogP contribution in [0.2, 0.25) is 5.02 Å². The molecule has 0 aliphatic heterocycles. The van der Waals surface area contributed by atoms with Gasteiger partial charge in [-0.2, -0.15) is 0 Å². The van der Waals surface area contributed by atoms with E-state index in [9.17, 15) is 22.0 Å². The number of halogens is 3. The number of anilines is 3. The minimum atomic E-state index is -3.84. The maximum atomic E-state index is 14.4. The minimum absolute atomic E-state index is 0.0483. The van der Waals surface area contributed by atoms with Crippen molar-refractivity contribution < 1.29 is 17.2 Å². The number of hydrogen-bond acceptors (Lipinski definition) is 5. The van der Waals surface area contributed by atoms with Crippen LogP contribution in [0.4, 0.5) is 25.8 Å². The molecular formula is C18H17ClF2N4O3S. The van der Waals surface area contributed by atoms with Crippen LogP contribution in [0.5, 0.6) is 0 Å². The normalized spacial score (nSPS) is 11.6.